The highest BCUT2D eigenvalue weighted by Crippen LogP contribution is 2.21. The molecule has 0 spiro atoms. The van der Waals surface area contributed by atoms with Crippen LogP contribution in [-0.2, 0) is 9.84 Å². The fourth-order valence-corrected chi connectivity index (χ4v) is 3.03. The van der Waals surface area contributed by atoms with Gasteiger partial charge in [0.15, 0.2) is 15.0 Å². The average Bonchev–Trinajstić information content (AvgIpc) is 2.86. The maximum absolute atomic E-state index is 12.1. The van der Waals surface area contributed by atoms with Crippen LogP contribution in [0, 0.1) is 0 Å². The highest BCUT2D eigenvalue weighted by atomic mass is 32.2. The first-order valence-corrected chi connectivity index (χ1v) is 8.79. The zero-order chi connectivity index (χ0) is 15.6. The molecule has 1 aromatic heterocycles. The van der Waals surface area contributed by atoms with Crippen molar-refractivity contribution in [3.8, 4) is 0 Å². The van der Waals surface area contributed by atoms with Crippen LogP contribution in [0.2, 0.25) is 0 Å². The molecular weight excluding hydrogens is 312 g/mol. The number of hydrogen-bond acceptors (Lipinski definition) is 6. The van der Waals surface area contributed by atoms with E-state index in [1.807, 2.05) is 0 Å². The number of amides is 1. The van der Waals surface area contributed by atoms with Gasteiger partial charge in [-0.15, -0.1) is 11.3 Å². The Labute approximate surface area is 126 Å². The van der Waals surface area contributed by atoms with Crippen LogP contribution in [0.25, 0.3) is 0 Å². The summed E-state index contributed by atoms with van der Waals surface area (Å²) in [5.41, 5.74) is 0.701. The lowest BCUT2D eigenvalue weighted by molar-refractivity contribution is 0.102. The third-order valence-corrected chi connectivity index (χ3v) is 4.58. The number of carbonyl (C=O) groups is 1. The lowest BCUT2D eigenvalue weighted by atomic mass is 10.2. The van der Waals surface area contributed by atoms with Gasteiger partial charge in [-0.05, 0) is 25.1 Å². The summed E-state index contributed by atoms with van der Waals surface area (Å²) in [6.45, 7) is 1.58. The number of aromatic nitrogens is 1. The van der Waals surface area contributed by atoms with Crippen LogP contribution >= 0.6 is 11.3 Å². The van der Waals surface area contributed by atoms with E-state index in [-0.39, 0.29) is 10.5 Å². The molecule has 0 fully saturated rings. The van der Waals surface area contributed by atoms with Crippen LogP contribution in [-0.4, -0.2) is 30.7 Å². The van der Waals surface area contributed by atoms with Gasteiger partial charge in [-0.2, -0.15) is 0 Å². The summed E-state index contributed by atoms with van der Waals surface area (Å²) in [4.78, 5) is 16.2. The van der Waals surface area contributed by atoms with Gasteiger partial charge in [0.25, 0.3) is 5.91 Å². The summed E-state index contributed by atoms with van der Waals surface area (Å²) in [5.74, 6) is -0.452. The number of carbonyl (C=O) groups excluding carboxylic acids is 1. The first kappa shape index (κ1) is 15.6. The SMILES string of the molecule is CC(O)c1csc(NC(=O)c2cccc(S(C)(=O)=O)c2)n1. The van der Waals surface area contributed by atoms with Crippen molar-refractivity contribution in [2.45, 2.75) is 17.9 Å². The van der Waals surface area contributed by atoms with E-state index in [0.717, 1.165) is 6.26 Å². The Balaban J connectivity index is 2.20. The van der Waals surface area contributed by atoms with Crippen molar-refractivity contribution in [2.75, 3.05) is 11.6 Å². The molecule has 0 radical (unpaired) electrons. The van der Waals surface area contributed by atoms with Gasteiger partial charge in [0.1, 0.15) is 0 Å². The smallest absolute Gasteiger partial charge is 0.257 e. The molecule has 0 aliphatic rings. The van der Waals surface area contributed by atoms with E-state index >= 15 is 0 Å². The summed E-state index contributed by atoms with van der Waals surface area (Å²) in [6.07, 6.45) is 0.375. The molecule has 0 aliphatic carbocycles. The van der Waals surface area contributed by atoms with Gasteiger partial charge < -0.3 is 5.11 Å². The number of thiazole rings is 1. The molecule has 0 aliphatic heterocycles. The van der Waals surface area contributed by atoms with Crippen molar-refractivity contribution in [2.24, 2.45) is 0 Å². The number of nitrogens with zero attached hydrogens (tertiary/aromatic N) is 1. The van der Waals surface area contributed by atoms with Gasteiger partial charge in [-0.25, -0.2) is 13.4 Å². The van der Waals surface area contributed by atoms with Crippen molar-refractivity contribution >= 4 is 32.2 Å². The number of nitrogens with one attached hydrogen (secondary N) is 1. The number of anilines is 1. The molecule has 112 valence electrons. The predicted octanol–water partition coefficient (Wildman–Crippen LogP) is 1.85. The lowest BCUT2D eigenvalue weighted by Crippen LogP contribution is -2.12. The Morgan fingerprint density at radius 1 is 1.43 bits per heavy atom. The van der Waals surface area contributed by atoms with Crippen LogP contribution in [0.5, 0.6) is 0 Å². The van der Waals surface area contributed by atoms with Crippen LogP contribution in [0.4, 0.5) is 5.13 Å². The molecule has 1 aromatic carbocycles. The lowest BCUT2D eigenvalue weighted by Gasteiger charge is -2.04. The van der Waals surface area contributed by atoms with E-state index in [1.54, 1.807) is 12.3 Å². The van der Waals surface area contributed by atoms with Gasteiger partial charge in [-0.3, -0.25) is 10.1 Å². The molecule has 21 heavy (non-hydrogen) atoms. The number of benzene rings is 1. The summed E-state index contributed by atoms with van der Waals surface area (Å²) in [5, 5.41) is 13.9. The second-order valence-corrected chi connectivity index (χ2v) is 7.38. The van der Waals surface area contributed by atoms with Gasteiger partial charge >= 0.3 is 0 Å². The molecule has 1 atom stereocenters. The Morgan fingerprint density at radius 3 is 2.71 bits per heavy atom. The minimum absolute atomic E-state index is 0.0824. The number of rotatable bonds is 4. The Bertz CT molecular complexity index is 766. The second kappa shape index (κ2) is 5.92. The zero-order valence-electron chi connectivity index (χ0n) is 11.4. The third kappa shape index (κ3) is 3.87. The molecule has 1 heterocycles. The minimum atomic E-state index is -3.36. The molecule has 1 unspecified atom stereocenters. The van der Waals surface area contributed by atoms with Gasteiger partial charge in [-0.1, -0.05) is 6.07 Å². The Hall–Kier alpha value is -1.77. The molecule has 2 aromatic rings. The molecule has 8 heteroatoms. The van der Waals surface area contributed by atoms with Crippen molar-refractivity contribution in [3.63, 3.8) is 0 Å². The molecule has 0 saturated heterocycles. The summed E-state index contributed by atoms with van der Waals surface area (Å²) >= 11 is 1.19. The molecule has 2 N–H and O–H groups in total. The van der Waals surface area contributed by atoms with Crippen LogP contribution in [0.1, 0.15) is 29.1 Å². The summed E-state index contributed by atoms with van der Waals surface area (Å²) < 4.78 is 22.9. The van der Waals surface area contributed by atoms with E-state index in [0.29, 0.717) is 10.8 Å². The maximum atomic E-state index is 12.1. The standard InChI is InChI=1S/C13H14N2O4S2/c1-8(16)11-7-20-13(14-11)15-12(17)9-4-3-5-10(6-9)21(2,18)19/h3-8,16H,1-2H3,(H,14,15,17). The number of hydrogen-bond donors (Lipinski definition) is 2. The van der Waals surface area contributed by atoms with Crippen LogP contribution in [0.15, 0.2) is 34.5 Å². The molecular formula is C13H14N2O4S2. The largest absolute Gasteiger partial charge is 0.387 e. The zero-order valence-corrected chi connectivity index (χ0v) is 13.0. The second-order valence-electron chi connectivity index (χ2n) is 4.51. The van der Waals surface area contributed by atoms with E-state index in [2.05, 4.69) is 10.3 Å². The fraction of sp³-hybridized carbons (Fsp3) is 0.231. The van der Waals surface area contributed by atoms with Crippen LogP contribution < -0.4 is 5.32 Å². The van der Waals surface area contributed by atoms with Crippen molar-refractivity contribution in [3.05, 3.63) is 40.9 Å². The quantitative estimate of drug-likeness (QED) is 0.894. The third-order valence-electron chi connectivity index (χ3n) is 2.69. The Morgan fingerprint density at radius 2 is 2.14 bits per heavy atom. The van der Waals surface area contributed by atoms with Gasteiger partial charge in [0, 0.05) is 17.2 Å². The van der Waals surface area contributed by atoms with E-state index in [1.165, 1.54) is 35.6 Å². The minimum Gasteiger partial charge on any atom is -0.387 e. The number of sulfone groups is 1. The Kier molecular flexibility index (Phi) is 4.40. The summed E-state index contributed by atoms with van der Waals surface area (Å²) in [7, 11) is -3.36. The molecule has 1 amide bonds. The number of aliphatic hydroxyl groups excluding tert-OH is 1. The summed E-state index contributed by atoms with van der Waals surface area (Å²) in [6, 6.07) is 5.77. The maximum Gasteiger partial charge on any atom is 0.257 e. The first-order valence-electron chi connectivity index (χ1n) is 6.02. The normalized spacial score (nSPS) is 12.9. The molecule has 6 nitrogen and oxygen atoms in total. The van der Waals surface area contributed by atoms with E-state index in [4.69, 9.17) is 0 Å². The highest BCUT2D eigenvalue weighted by Gasteiger charge is 2.14. The monoisotopic (exact) mass is 326 g/mol. The van der Waals surface area contributed by atoms with Gasteiger partial charge in [0.05, 0.1) is 16.7 Å². The topological polar surface area (TPSA) is 96.4 Å². The van der Waals surface area contributed by atoms with Crippen molar-refractivity contribution in [1.29, 1.82) is 0 Å². The van der Waals surface area contributed by atoms with Crippen LogP contribution in [0.3, 0.4) is 0 Å². The molecule has 0 bridgehead atoms. The predicted molar refractivity (Wildman–Crippen MR) is 80.3 cm³/mol. The first-order chi connectivity index (χ1) is 9.77. The van der Waals surface area contributed by atoms with Gasteiger partial charge in [0.2, 0.25) is 0 Å². The molecule has 0 saturated carbocycles. The highest BCUT2D eigenvalue weighted by molar-refractivity contribution is 7.90. The van der Waals surface area contributed by atoms with E-state index < -0.39 is 21.8 Å². The fourth-order valence-electron chi connectivity index (χ4n) is 1.57. The molecule has 2 rings (SSSR count). The average molecular weight is 326 g/mol. The van der Waals surface area contributed by atoms with Crippen molar-refractivity contribution in [1.82, 2.24) is 4.98 Å². The van der Waals surface area contributed by atoms with E-state index in [9.17, 15) is 18.3 Å². The van der Waals surface area contributed by atoms with Crippen molar-refractivity contribution < 1.29 is 18.3 Å². The number of aliphatic hydroxyl groups is 1.